The van der Waals surface area contributed by atoms with E-state index in [1.54, 1.807) is 23.1 Å². The lowest BCUT2D eigenvalue weighted by Gasteiger charge is -2.35. The van der Waals surface area contributed by atoms with Crippen molar-refractivity contribution in [2.24, 2.45) is 0 Å². The van der Waals surface area contributed by atoms with E-state index in [1.165, 1.54) is 0 Å². The molecule has 2 N–H and O–H groups in total. The summed E-state index contributed by atoms with van der Waals surface area (Å²) in [5.41, 5.74) is 0. The van der Waals surface area contributed by atoms with E-state index >= 15 is 0 Å². The van der Waals surface area contributed by atoms with Crippen molar-refractivity contribution in [3.05, 3.63) is 24.3 Å². The SMILES string of the molecule is O=C(C[NH+]1CCN(C(=O)[C@@H]2COc3ccccc3O2)CC1)NCC(F)(F)F. The van der Waals surface area contributed by atoms with Gasteiger partial charge in [0.2, 0.25) is 6.10 Å². The summed E-state index contributed by atoms with van der Waals surface area (Å²) < 4.78 is 47.6. The van der Waals surface area contributed by atoms with Crippen molar-refractivity contribution in [3.8, 4) is 11.5 Å². The number of quaternary nitrogens is 1. The first-order valence-corrected chi connectivity index (χ1v) is 8.66. The van der Waals surface area contributed by atoms with E-state index in [9.17, 15) is 22.8 Å². The van der Waals surface area contributed by atoms with Gasteiger partial charge in [0.05, 0.1) is 26.2 Å². The minimum absolute atomic E-state index is 0.0471. The van der Waals surface area contributed by atoms with Crippen LogP contribution >= 0.6 is 0 Å². The molecule has 0 bridgehead atoms. The van der Waals surface area contributed by atoms with Gasteiger partial charge in [0.25, 0.3) is 11.8 Å². The van der Waals surface area contributed by atoms with Crippen LogP contribution in [-0.4, -0.2) is 74.9 Å². The number of carbonyl (C=O) groups is 2. The first kappa shape index (κ1) is 19.3. The fourth-order valence-corrected chi connectivity index (χ4v) is 3.05. The van der Waals surface area contributed by atoms with E-state index in [1.807, 2.05) is 11.4 Å². The molecule has 0 unspecified atom stereocenters. The van der Waals surface area contributed by atoms with E-state index in [4.69, 9.17) is 9.47 Å². The number of carbonyl (C=O) groups excluding carboxylic acids is 2. The molecule has 0 aromatic heterocycles. The Morgan fingerprint density at radius 2 is 1.85 bits per heavy atom. The molecule has 7 nitrogen and oxygen atoms in total. The minimum atomic E-state index is -4.42. The molecule has 1 atom stereocenters. The summed E-state index contributed by atoms with van der Waals surface area (Å²) in [4.78, 5) is 26.7. The molecule has 1 aromatic carbocycles. The van der Waals surface area contributed by atoms with E-state index in [2.05, 4.69) is 0 Å². The highest BCUT2D eigenvalue weighted by molar-refractivity contribution is 5.82. The monoisotopic (exact) mass is 388 g/mol. The normalized spacial score (nSPS) is 20.3. The second-order valence-electron chi connectivity index (χ2n) is 6.51. The maximum absolute atomic E-state index is 12.6. The van der Waals surface area contributed by atoms with Gasteiger partial charge in [-0.25, -0.2) is 0 Å². The van der Waals surface area contributed by atoms with Crippen molar-refractivity contribution < 1.29 is 37.1 Å². The average Bonchev–Trinajstić information content (AvgIpc) is 2.65. The minimum Gasteiger partial charge on any atom is -0.485 e. The molecule has 0 saturated carbocycles. The molecule has 1 saturated heterocycles. The largest absolute Gasteiger partial charge is 0.485 e. The summed E-state index contributed by atoms with van der Waals surface area (Å²) in [5, 5.41) is 1.86. The zero-order valence-corrected chi connectivity index (χ0v) is 14.6. The highest BCUT2D eigenvalue weighted by atomic mass is 19.4. The number of nitrogens with zero attached hydrogens (tertiary/aromatic N) is 1. The lowest BCUT2D eigenvalue weighted by molar-refractivity contribution is -0.896. The Labute approximate surface area is 154 Å². The van der Waals surface area contributed by atoms with Crippen LogP contribution in [0.5, 0.6) is 11.5 Å². The molecule has 0 aliphatic carbocycles. The van der Waals surface area contributed by atoms with Gasteiger partial charge in [0.15, 0.2) is 18.0 Å². The summed E-state index contributed by atoms with van der Waals surface area (Å²) in [6.07, 6.45) is -5.15. The standard InChI is InChI=1S/C17H20F3N3O4/c18-17(19,20)11-21-15(24)9-22-5-7-23(8-6-22)16(25)14-10-26-12-3-1-2-4-13(12)27-14/h1-4,14H,5-11H2,(H,21,24)/p+1/t14-/m0/s1. The third kappa shape index (κ3) is 5.25. The number of hydrogen-bond donors (Lipinski definition) is 2. The van der Waals surface area contributed by atoms with Crippen LogP contribution in [0.3, 0.4) is 0 Å². The molecule has 0 spiro atoms. The number of benzene rings is 1. The quantitative estimate of drug-likeness (QED) is 0.711. The predicted octanol–water partition coefficient (Wildman–Crippen LogP) is -0.768. The molecule has 148 valence electrons. The first-order valence-electron chi connectivity index (χ1n) is 8.66. The molecule has 27 heavy (non-hydrogen) atoms. The molecule has 1 aromatic rings. The van der Waals surface area contributed by atoms with Crippen LogP contribution in [0.15, 0.2) is 24.3 Å². The van der Waals surface area contributed by atoms with Crippen LogP contribution in [0.2, 0.25) is 0 Å². The van der Waals surface area contributed by atoms with Crippen molar-refractivity contribution in [3.63, 3.8) is 0 Å². The molecule has 2 amide bonds. The summed E-state index contributed by atoms with van der Waals surface area (Å²) in [7, 11) is 0. The summed E-state index contributed by atoms with van der Waals surface area (Å²) in [5.74, 6) is 0.279. The number of halogens is 3. The van der Waals surface area contributed by atoms with Gasteiger partial charge < -0.3 is 24.6 Å². The van der Waals surface area contributed by atoms with Crippen LogP contribution in [0.1, 0.15) is 0 Å². The molecule has 10 heteroatoms. The Bertz CT molecular complexity index is 690. The molecule has 2 aliphatic rings. The lowest BCUT2D eigenvalue weighted by Crippen LogP contribution is -3.16. The Kier molecular flexibility index (Phi) is 5.73. The van der Waals surface area contributed by atoms with E-state index < -0.39 is 24.7 Å². The summed E-state index contributed by atoms with van der Waals surface area (Å²) in [6.45, 7) is 0.524. The molecular formula is C17H21F3N3O4+. The number of fused-ring (bicyclic) bond motifs is 1. The van der Waals surface area contributed by atoms with E-state index in [0.717, 1.165) is 4.90 Å². The Morgan fingerprint density at radius 1 is 1.19 bits per heavy atom. The highest BCUT2D eigenvalue weighted by Crippen LogP contribution is 2.31. The number of para-hydroxylation sites is 2. The van der Waals surface area contributed by atoms with E-state index in [-0.39, 0.29) is 19.1 Å². The van der Waals surface area contributed by atoms with Gasteiger partial charge >= 0.3 is 6.18 Å². The van der Waals surface area contributed by atoms with Gasteiger partial charge in [0.1, 0.15) is 13.2 Å². The fraction of sp³-hybridized carbons (Fsp3) is 0.529. The summed E-state index contributed by atoms with van der Waals surface area (Å²) in [6, 6.07) is 7.11. The van der Waals surface area contributed by atoms with Gasteiger partial charge in [-0.3, -0.25) is 9.59 Å². The third-order valence-corrected chi connectivity index (χ3v) is 4.46. The Morgan fingerprint density at radius 3 is 2.52 bits per heavy atom. The van der Waals surface area contributed by atoms with Crippen molar-refractivity contribution >= 4 is 11.8 Å². The van der Waals surface area contributed by atoms with Crippen LogP contribution in [0, 0.1) is 0 Å². The maximum atomic E-state index is 12.6. The van der Waals surface area contributed by atoms with Gasteiger partial charge in [-0.05, 0) is 12.1 Å². The number of piperazine rings is 1. The lowest BCUT2D eigenvalue weighted by atomic mass is 10.2. The predicted molar refractivity (Wildman–Crippen MR) is 87.6 cm³/mol. The van der Waals surface area contributed by atoms with Crippen molar-refractivity contribution in [2.75, 3.05) is 45.9 Å². The van der Waals surface area contributed by atoms with Crippen molar-refractivity contribution in [1.82, 2.24) is 10.2 Å². The molecular weight excluding hydrogens is 367 g/mol. The zero-order valence-electron chi connectivity index (χ0n) is 14.6. The Hall–Kier alpha value is -2.49. The molecule has 0 radical (unpaired) electrons. The first-order chi connectivity index (χ1) is 12.8. The van der Waals surface area contributed by atoms with Gasteiger partial charge in [0, 0.05) is 0 Å². The second kappa shape index (κ2) is 8.03. The zero-order chi connectivity index (χ0) is 19.4. The van der Waals surface area contributed by atoms with Crippen molar-refractivity contribution in [2.45, 2.75) is 12.3 Å². The molecule has 1 fully saturated rings. The fourth-order valence-electron chi connectivity index (χ4n) is 3.05. The number of amides is 2. The Balaban J connectivity index is 1.44. The maximum Gasteiger partial charge on any atom is 0.405 e. The molecule has 2 heterocycles. The molecule has 2 aliphatic heterocycles. The average molecular weight is 388 g/mol. The number of ether oxygens (including phenoxy) is 2. The summed E-state index contributed by atoms with van der Waals surface area (Å²) >= 11 is 0. The third-order valence-electron chi connectivity index (χ3n) is 4.46. The highest BCUT2D eigenvalue weighted by Gasteiger charge is 2.34. The molecule has 3 rings (SSSR count). The van der Waals surface area contributed by atoms with Crippen molar-refractivity contribution in [1.29, 1.82) is 0 Å². The van der Waals surface area contributed by atoms with Crippen LogP contribution < -0.4 is 19.7 Å². The smallest absolute Gasteiger partial charge is 0.405 e. The van der Waals surface area contributed by atoms with Crippen LogP contribution in [0.4, 0.5) is 13.2 Å². The topological polar surface area (TPSA) is 72.3 Å². The second-order valence-corrected chi connectivity index (χ2v) is 6.51. The van der Waals surface area contributed by atoms with Crippen LogP contribution in [-0.2, 0) is 9.59 Å². The number of nitrogens with one attached hydrogen (secondary N) is 2. The number of alkyl halides is 3. The van der Waals surface area contributed by atoms with Gasteiger partial charge in [-0.1, -0.05) is 12.1 Å². The van der Waals surface area contributed by atoms with Crippen LogP contribution in [0.25, 0.3) is 0 Å². The van der Waals surface area contributed by atoms with Gasteiger partial charge in [-0.2, -0.15) is 13.2 Å². The van der Waals surface area contributed by atoms with E-state index in [0.29, 0.717) is 37.7 Å². The number of rotatable bonds is 4. The van der Waals surface area contributed by atoms with Gasteiger partial charge in [-0.15, -0.1) is 0 Å². The number of hydrogen-bond acceptors (Lipinski definition) is 4.